The number of quaternary nitrogens is 1. The molecule has 1 N–H and O–H groups in total. The summed E-state index contributed by atoms with van der Waals surface area (Å²) in [6.07, 6.45) is 0. The van der Waals surface area contributed by atoms with Crippen LogP contribution in [0.2, 0.25) is 5.02 Å². The lowest BCUT2D eigenvalue weighted by atomic mass is 10.1. The second-order valence-electron chi connectivity index (χ2n) is 6.42. The molecule has 0 unspecified atom stereocenters. The SMILES string of the molecule is O=C(c1ccc(F)cc1Cl)N1CC[NH+](Cc2nc3ccccc3s2)CC1. The lowest BCUT2D eigenvalue weighted by Crippen LogP contribution is -3.13. The van der Waals surface area contributed by atoms with Gasteiger partial charge in [-0.05, 0) is 30.3 Å². The molecule has 2 heterocycles. The molecule has 4 nitrogen and oxygen atoms in total. The number of aromatic nitrogens is 1. The highest BCUT2D eigenvalue weighted by Gasteiger charge is 2.26. The normalized spacial score (nSPS) is 15.5. The third kappa shape index (κ3) is 3.58. The highest BCUT2D eigenvalue weighted by atomic mass is 35.5. The molecule has 1 aromatic heterocycles. The topological polar surface area (TPSA) is 37.6 Å². The third-order valence-corrected chi connectivity index (χ3v) is 6.01. The number of amides is 1. The van der Waals surface area contributed by atoms with Crippen molar-refractivity contribution in [2.24, 2.45) is 0 Å². The molecule has 4 rings (SSSR count). The molecule has 1 saturated heterocycles. The average Bonchev–Trinajstić information content (AvgIpc) is 3.04. The van der Waals surface area contributed by atoms with Gasteiger partial charge in [0.05, 0.1) is 47.0 Å². The van der Waals surface area contributed by atoms with Gasteiger partial charge < -0.3 is 9.80 Å². The van der Waals surface area contributed by atoms with Gasteiger partial charge in [0.25, 0.3) is 5.91 Å². The molecule has 0 spiro atoms. The molecule has 2 aromatic carbocycles. The van der Waals surface area contributed by atoms with Crippen LogP contribution >= 0.6 is 22.9 Å². The van der Waals surface area contributed by atoms with Gasteiger partial charge in [-0.15, -0.1) is 11.3 Å². The van der Waals surface area contributed by atoms with Gasteiger partial charge in [-0.1, -0.05) is 23.7 Å². The average molecular weight is 391 g/mol. The van der Waals surface area contributed by atoms with E-state index in [0.29, 0.717) is 18.7 Å². The molecule has 0 radical (unpaired) electrons. The fraction of sp³-hybridized carbons (Fsp3) is 0.263. The van der Waals surface area contributed by atoms with Gasteiger partial charge in [-0.2, -0.15) is 0 Å². The van der Waals surface area contributed by atoms with E-state index < -0.39 is 5.82 Å². The van der Waals surface area contributed by atoms with Crippen LogP contribution in [0.3, 0.4) is 0 Å². The number of nitrogens with one attached hydrogen (secondary N) is 1. The summed E-state index contributed by atoms with van der Waals surface area (Å²) in [6, 6.07) is 12.1. The second kappa shape index (κ2) is 7.31. The zero-order valence-electron chi connectivity index (χ0n) is 14.0. The number of carbonyl (C=O) groups excluding carboxylic acids is 1. The second-order valence-corrected chi connectivity index (χ2v) is 7.94. The van der Waals surface area contributed by atoms with Crippen LogP contribution in [0, 0.1) is 5.82 Å². The standard InChI is InChI=1S/C19H17ClFN3OS/c20-15-11-13(21)5-6-14(15)19(25)24-9-7-23(8-10-24)12-18-22-16-3-1-2-4-17(16)26-18/h1-6,11H,7-10,12H2/p+1. The van der Waals surface area contributed by atoms with E-state index in [1.54, 1.807) is 16.2 Å². The predicted octanol–water partition coefficient (Wildman–Crippen LogP) is 2.63. The quantitative estimate of drug-likeness (QED) is 0.746. The highest BCUT2D eigenvalue weighted by Crippen LogP contribution is 2.21. The summed E-state index contributed by atoms with van der Waals surface area (Å²) >= 11 is 7.75. The van der Waals surface area contributed by atoms with Crippen LogP contribution in [0.5, 0.6) is 0 Å². The summed E-state index contributed by atoms with van der Waals surface area (Å²) in [5.41, 5.74) is 1.41. The minimum atomic E-state index is -0.434. The predicted molar refractivity (Wildman–Crippen MR) is 101 cm³/mol. The summed E-state index contributed by atoms with van der Waals surface area (Å²) in [5, 5.41) is 1.29. The highest BCUT2D eigenvalue weighted by molar-refractivity contribution is 7.18. The molecule has 0 aliphatic carbocycles. The fourth-order valence-corrected chi connectivity index (χ4v) is 4.53. The summed E-state index contributed by atoms with van der Waals surface area (Å²) in [5.74, 6) is -0.564. The smallest absolute Gasteiger partial charge is 0.255 e. The van der Waals surface area contributed by atoms with Crippen LogP contribution in [0.25, 0.3) is 10.2 Å². The maximum absolute atomic E-state index is 13.2. The molecule has 1 amide bonds. The van der Waals surface area contributed by atoms with Crippen molar-refractivity contribution in [3.8, 4) is 0 Å². The Morgan fingerprint density at radius 1 is 1.23 bits per heavy atom. The number of hydrogen-bond donors (Lipinski definition) is 1. The molecular formula is C19H18ClFN3OS+. The maximum atomic E-state index is 13.2. The molecule has 1 fully saturated rings. The summed E-state index contributed by atoms with van der Waals surface area (Å²) < 4.78 is 14.4. The van der Waals surface area contributed by atoms with E-state index in [2.05, 4.69) is 6.07 Å². The van der Waals surface area contributed by atoms with Crippen LogP contribution in [0.15, 0.2) is 42.5 Å². The Balaban J connectivity index is 1.38. The number of halogens is 2. The zero-order chi connectivity index (χ0) is 18.1. The van der Waals surface area contributed by atoms with Crippen molar-refractivity contribution in [3.05, 3.63) is 63.9 Å². The molecule has 0 bridgehead atoms. The van der Waals surface area contributed by atoms with E-state index in [0.717, 1.165) is 30.2 Å². The molecular weight excluding hydrogens is 373 g/mol. The lowest BCUT2D eigenvalue weighted by Gasteiger charge is -2.32. The fourth-order valence-electron chi connectivity index (χ4n) is 3.25. The van der Waals surface area contributed by atoms with Crippen molar-refractivity contribution >= 4 is 39.1 Å². The molecule has 26 heavy (non-hydrogen) atoms. The Bertz CT molecular complexity index is 920. The third-order valence-electron chi connectivity index (χ3n) is 4.66. The van der Waals surface area contributed by atoms with Crippen molar-refractivity contribution in [2.45, 2.75) is 6.54 Å². The van der Waals surface area contributed by atoms with Gasteiger partial charge in [-0.3, -0.25) is 4.79 Å². The number of thiazole rings is 1. The van der Waals surface area contributed by atoms with E-state index in [1.165, 1.54) is 27.8 Å². The largest absolute Gasteiger partial charge is 0.327 e. The molecule has 134 valence electrons. The van der Waals surface area contributed by atoms with Crippen LogP contribution in [-0.2, 0) is 6.54 Å². The van der Waals surface area contributed by atoms with E-state index in [9.17, 15) is 9.18 Å². The molecule has 3 aromatic rings. The maximum Gasteiger partial charge on any atom is 0.255 e. The van der Waals surface area contributed by atoms with Crippen LogP contribution in [-0.4, -0.2) is 42.0 Å². The van der Waals surface area contributed by atoms with Gasteiger partial charge in [0, 0.05) is 0 Å². The first-order chi connectivity index (χ1) is 12.6. The van der Waals surface area contributed by atoms with E-state index >= 15 is 0 Å². The Hall–Kier alpha value is -2.02. The number of nitrogens with zero attached hydrogens (tertiary/aromatic N) is 2. The van der Waals surface area contributed by atoms with Gasteiger partial charge in [0.15, 0.2) is 0 Å². The van der Waals surface area contributed by atoms with Crippen molar-refractivity contribution in [2.75, 3.05) is 26.2 Å². The van der Waals surface area contributed by atoms with Crippen LogP contribution in [0.1, 0.15) is 15.4 Å². The molecule has 0 atom stereocenters. The van der Waals surface area contributed by atoms with Gasteiger partial charge in [-0.25, -0.2) is 9.37 Å². The number of carbonyl (C=O) groups is 1. The van der Waals surface area contributed by atoms with Crippen molar-refractivity contribution in [3.63, 3.8) is 0 Å². The minimum Gasteiger partial charge on any atom is -0.327 e. The molecule has 7 heteroatoms. The summed E-state index contributed by atoms with van der Waals surface area (Å²) in [4.78, 5) is 20.5. The first-order valence-corrected chi connectivity index (χ1v) is 9.72. The Labute approximate surface area is 159 Å². The summed E-state index contributed by atoms with van der Waals surface area (Å²) in [7, 11) is 0. The van der Waals surface area contributed by atoms with E-state index in [1.807, 2.05) is 18.2 Å². The summed E-state index contributed by atoms with van der Waals surface area (Å²) in [6.45, 7) is 3.92. The van der Waals surface area contributed by atoms with Crippen molar-refractivity contribution in [1.29, 1.82) is 0 Å². The van der Waals surface area contributed by atoms with E-state index in [4.69, 9.17) is 16.6 Å². The first-order valence-electron chi connectivity index (χ1n) is 8.52. The Morgan fingerprint density at radius 3 is 2.73 bits per heavy atom. The van der Waals surface area contributed by atoms with Crippen molar-refractivity contribution in [1.82, 2.24) is 9.88 Å². The van der Waals surface area contributed by atoms with E-state index in [-0.39, 0.29) is 10.9 Å². The Morgan fingerprint density at radius 2 is 2.00 bits per heavy atom. The minimum absolute atomic E-state index is 0.131. The van der Waals surface area contributed by atoms with Gasteiger partial charge in [0.1, 0.15) is 17.4 Å². The lowest BCUT2D eigenvalue weighted by molar-refractivity contribution is -0.917. The molecule has 0 saturated carbocycles. The number of piperazine rings is 1. The van der Waals surface area contributed by atoms with Crippen LogP contribution in [0.4, 0.5) is 4.39 Å². The number of rotatable bonds is 3. The number of benzene rings is 2. The monoisotopic (exact) mass is 390 g/mol. The number of para-hydroxylation sites is 1. The first kappa shape index (κ1) is 17.4. The molecule has 1 aliphatic heterocycles. The number of fused-ring (bicyclic) bond motifs is 1. The number of hydrogen-bond acceptors (Lipinski definition) is 3. The van der Waals surface area contributed by atoms with Crippen LogP contribution < -0.4 is 4.90 Å². The van der Waals surface area contributed by atoms with Crippen molar-refractivity contribution < 1.29 is 14.1 Å². The zero-order valence-corrected chi connectivity index (χ0v) is 15.6. The van der Waals surface area contributed by atoms with Gasteiger partial charge in [0.2, 0.25) is 0 Å². The molecule has 1 aliphatic rings. The van der Waals surface area contributed by atoms with Gasteiger partial charge >= 0.3 is 0 Å². The Kier molecular flexibility index (Phi) is 4.89.